The highest BCUT2D eigenvalue weighted by atomic mass is 35.6. The number of aromatic hydroxyl groups is 1. The van der Waals surface area contributed by atoms with Crippen LogP contribution >= 0.6 is 34.8 Å². The Morgan fingerprint density at radius 1 is 1.21 bits per heavy atom. The fourth-order valence-corrected chi connectivity index (χ4v) is 1.89. The maximum absolute atomic E-state index is 9.83. The van der Waals surface area contributed by atoms with E-state index in [1.807, 2.05) is 0 Å². The lowest BCUT2D eigenvalue weighted by atomic mass is 10.0. The summed E-state index contributed by atoms with van der Waals surface area (Å²) in [6, 6.07) is 4.62. The lowest BCUT2D eigenvalue weighted by Crippen LogP contribution is -2.30. The molecule has 0 fully saturated rings. The van der Waals surface area contributed by atoms with Gasteiger partial charge in [-0.1, -0.05) is 34.8 Å². The van der Waals surface area contributed by atoms with Crippen molar-refractivity contribution in [2.75, 3.05) is 7.11 Å². The Balaban J connectivity index is 2.66. The van der Waals surface area contributed by atoms with Crippen LogP contribution in [-0.4, -0.2) is 38.4 Å². The van der Waals surface area contributed by atoms with E-state index in [4.69, 9.17) is 39.5 Å². The highest BCUT2D eigenvalue weighted by Crippen LogP contribution is 2.33. The van der Waals surface area contributed by atoms with Crippen molar-refractivity contribution in [2.24, 2.45) is 0 Å². The minimum Gasteiger partial charge on any atom is -0.508 e. The number of hydrogen-bond donors (Lipinski definition) is 3. The van der Waals surface area contributed by atoms with E-state index in [0.717, 1.165) is 0 Å². The van der Waals surface area contributed by atoms with Crippen LogP contribution in [-0.2, 0) is 6.42 Å². The van der Waals surface area contributed by atoms with Gasteiger partial charge < -0.3 is 20.1 Å². The Morgan fingerprint density at radius 3 is 2.37 bits per heavy atom. The lowest BCUT2D eigenvalue weighted by Gasteiger charge is -2.21. The first kappa shape index (κ1) is 16.7. The molecule has 1 aromatic carbocycles. The molecule has 0 radical (unpaired) electrons. The Bertz CT molecular complexity index is 420. The Morgan fingerprint density at radius 2 is 1.84 bits per heavy atom. The molecule has 0 saturated heterocycles. The summed E-state index contributed by atoms with van der Waals surface area (Å²) in [6.07, 6.45) is -2.07. The average Bonchev–Trinajstić information content (AvgIpc) is 2.26. The largest absolute Gasteiger partial charge is 0.508 e. The average molecular weight is 330 g/mol. The standard InChI is InChI=1S/C12H15Cl3O4/c1-19-10-4-7(2-8(16)5-10)3-9(17)6-11(18)12(13,14)15/h2,4-5,9,11,16-18H,3,6H2,1H3. The highest BCUT2D eigenvalue weighted by Gasteiger charge is 2.32. The molecule has 19 heavy (non-hydrogen) atoms. The van der Waals surface area contributed by atoms with Gasteiger partial charge in [-0.25, -0.2) is 0 Å². The fraction of sp³-hybridized carbons (Fsp3) is 0.500. The lowest BCUT2D eigenvalue weighted by molar-refractivity contribution is 0.0828. The van der Waals surface area contributed by atoms with E-state index in [9.17, 15) is 15.3 Å². The number of rotatable bonds is 5. The number of phenols is 1. The summed E-state index contributed by atoms with van der Waals surface area (Å²) < 4.78 is 3.16. The second kappa shape index (κ2) is 6.86. The van der Waals surface area contributed by atoms with Gasteiger partial charge in [-0.2, -0.15) is 0 Å². The number of phenolic OH excluding ortho intramolecular Hbond substituents is 1. The molecule has 1 rings (SSSR count). The summed E-state index contributed by atoms with van der Waals surface area (Å²) in [6.45, 7) is 0. The van der Waals surface area contributed by atoms with E-state index in [-0.39, 0.29) is 18.6 Å². The topological polar surface area (TPSA) is 69.9 Å². The first-order valence-electron chi connectivity index (χ1n) is 5.52. The molecule has 0 aromatic heterocycles. The summed E-state index contributed by atoms with van der Waals surface area (Å²) >= 11 is 16.5. The van der Waals surface area contributed by atoms with Crippen LogP contribution < -0.4 is 4.74 Å². The quantitative estimate of drug-likeness (QED) is 0.726. The van der Waals surface area contributed by atoms with Crippen LogP contribution in [0, 0.1) is 0 Å². The molecule has 0 amide bonds. The first-order valence-corrected chi connectivity index (χ1v) is 6.65. The smallest absolute Gasteiger partial charge is 0.216 e. The van der Waals surface area contributed by atoms with E-state index in [2.05, 4.69) is 0 Å². The summed E-state index contributed by atoms with van der Waals surface area (Å²) in [5.74, 6) is 0.507. The molecule has 3 N–H and O–H groups in total. The molecule has 108 valence electrons. The summed E-state index contributed by atoms with van der Waals surface area (Å²) in [7, 11) is 1.47. The van der Waals surface area contributed by atoms with Crippen molar-refractivity contribution < 1.29 is 20.1 Å². The first-order chi connectivity index (χ1) is 8.72. The zero-order valence-corrected chi connectivity index (χ0v) is 12.5. The van der Waals surface area contributed by atoms with Gasteiger partial charge in [-0.3, -0.25) is 0 Å². The van der Waals surface area contributed by atoms with Crippen molar-refractivity contribution in [1.82, 2.24) is 0 Å². The number of methoxy groups -OCH3 is 1. The zero-order valence-electron chi connectivity index (χ0n) is 10.2. The van der Waals surface area contributed by atoms with Crippen LogP contribution in [0.15, 0.2) is 18.2 Å². The molecule has 2 unspecified atom stereocenters. The van der Waals surface area contributed by atoms with Crippen molar-refractivity contribution in [1.29, 1.82) is 0 Å². The molecule has 0 aliphatic rings. The second-order valence-corrected chi connectivity index (χ2v) is 6.56. The third kappa shape index (κ3) is 5.63. The van der Waals surface area contributed by atoms with Gasteiger partial charge in [0.25, 0.3) is 0 Å². The van der Waals surface area contributed by atoms with Crippen molar-refractivity contribution >= 4 is 34.8 Å². The van der Waals surface area contributed by atoms with Gasteiger partial charge in [0.2, 0.25) is 3.79 Å². The van der Waals surface area contributed by atoms with Gasteiger partial charge in [0.05, 0.1) is 13.2 Å². The van der Waals surface area contributed by atoms with Crippen molar-refractivity contribution in [2.45, 2.75) is 28.8 Å². The second-order valence-electron chi connectivity index (χ2n) is 4.19. The maximum atomic E-state index is 9.83. The SMILES string of the molecule is COc1cc(O)cc(CC(O)CC(O)C(Cl)(Cl)Cl)c1. The number of halogens is 3. The molecule has 0 spiro atoms. The highest BCUT2D eigenvalue weighted by molar-refractivity contribution is 6.68. The maximum Gasteiger partial charge on any atom is 0.216 e. The van der Waals surface area contributed by atoms with E-state index in [0.29, 0.717) is 11.3 Å². The molecular weight excluding hydrogens is 314 g/mol. The molecule has 7 heteroatoms. The monoisotopic (exact) mass is 328 g/mol. The van der Waals surface area contributed by atoms with Gasteiger partial charge in [0.15, 0.2) is 0 Å². The number of aliphatic hydroxyl groups is 2. The van der Waals surface area contributed by atoms with Gasteiger partial charge in [0, 0.05) is 12.5 Å². The summed E-state index contributed by atoms with van der Waals surface area (Å²) in [5.41, 5.74) is 0.654. The molecule has 2 atom stereocenters. The molecular formula is C12H15Cl3O4. The van der Waals surface area contributed by atoms with Crippen LogP contribution in [0.5, 0.6) is 11.5 Å². The molecule has 0 heterocycles. The molecule has 0 bridgehead atoms. The summed E-state index contributed by atoms with van der Waals surface area (Å²) in [5, 5.41) is 28.9. The minimum atomic E-state index is -1.84. The molecule has 0 aliphatic heterocycles. The zero-order chi connectivity index (χ0) is 14.6. The minimum absolute atomic E-state index is 0.0310. The third-order valence-electron chi connectivity index (χ3n) is 2.53. The Hall–Kier alpha value is -0.390. The van der Waals surface area contributed by atoms with Crippen molar-refractivity contribution in [3.8, 4) is 11.5 Å². The van der Waals surface area contributed by atoms with Gasteiger partial charge in [-0.05, 0) is 24.1 Å². The van der Waals surface area contributed by atoms with E-state index >= 15 is 0 Å². The predicted octanol–water partition coefficient (Wildman–Crippen LogP) is 2.43. The van der Waals surface area contributed by atoms with E-state index in [1.165, 1.54) is 19.2 Å². The number of alkyl halides is 3. The van der Waals surface area contributed by atoms with Gasteiger partial charge >= 0.3 is 0 Å². The van der Waals surface area contributed by atoms with Crippen LogP contribution in [0.3, 0.4) is 0 Å². The number of aliphatic hydroxyl groups excluding tert-OH is 2. The van der Waals surface area contributed by atoms with Crippen LogP contribution in [0.4, 0.5) is 0 Å². The Kier molecular flexibility index (Phi) is 6.02. The normalized spacial score (nSPS) is 15.1. The number of benzene rings is 1. The molecule has 4 nitrogen and oxygen atoms in total. The van der Waals surface area contributed by atoms with E-state index < -0.39 is 16.0 Å². The number of ether oxygens (including phenoxy) is 1. The van der Waals surface area contributed by atoms with Gasteiger partial charge in [-0.15, -0.1) is 0 Å². The predicted molar refractivity (Wildman–Crippen MR) is 75.3 cm³/mol. The van der Waals surface area contributed by atoms with E-state index in [1.54, 1.807) is 6.07 Å². The molecule has 0 saturated carbocycles. The van der Waals surface area contributed by atoms with Crippen LogP contribution in [0.2, 0.25) is 0 Å². The van der Waals surface area contributed by atoms with Gasteiger partial charge in [0.1, 0.15) is 17.6 Å². The Labute approximate surface area is 126 Å². The third-order valence-corrected chi connectivity index (χ3v) is 3.29. The van der Waals surface area contributed by atoms with Crippen molar-refractivity contribution in [3.63, 3.8) is 0 Å². The fourth-order valence-electron chi connectivity index (χ4n) is 1.63. The number of hydrogen-bond acceptors (Lipinski definition) is 4. The molecule has 0 aliphatic carbocycles. The summed E-state index contributed by atoms with van der Waals surface area (Å²) in [4.78, 5) is 0. The van der Waals surface area contributed by atoms with Crippen molar-refractivity contribution in [3.05, 3.63) is 23.8 Å². The van der Waals surface area contributed by atoms with Crippen LogP contribution in [0.1, 0.15) is 12.0 Å². The molecule has 1 aromatic rings. The van der Waals surface area contributed by atoms with Crippen LogP contribution in [0.25, 0.3) is 0 Å².